The van der Waals surface area contributed by atoms with Crippen LogP contribution in [0.2, 0.25) is 0 Å². The summed E-state index contributed by atoms with van der Waals surface area (Å²) in [6, 6.07) is 7.82. The normalized spacial score (nSPS) is 12.8. The zero-order valence-corrected chi connectivity index (χ0v) is 10.5. The number of benzene rings is 1. The molecule has 0 amide bonds. The molecule has 0 bridgehead atoms. The first-order valence-corrected chi connectivity index (χ1v) is 5.55. The zero-order chi connectivity index (χ0) is 12.9. The van der Waals surface area contributed by atoms with Crippen molar-refractivity contribution in [2.75, 3.05) is 20.3 Å². The number of nitrogens with one attached hydrogen (secondary N) is 1. The maximum Gasteiger partial charge on any atom is 0.285 e. The monoisotopic (exact) mass is 243 g/mol. The highest BCUT2D eigenvalue weighted by molar-refractivity contribution is 5.20. The first-order chi connectivity index (χ1) is 7.87. The van der Waals surface area contributed by atoms with Crippen LogP contribution >= 0.6 is 0 Å². The maximum absolute atomic E-state index is 13.8. The molecule has 0 spiro atoms. The summed E-state index contributed by atoms with van der Waals surface area (Å²) >= 11 is 0. The van der Waals surface area contributed by atoms with E-state index in [1.54, 1.807) is 25.3 Å². The van der Waals surface area contributed by atoms with E-state index in [-0.39, 0.29) is 5.56 Å². The third kappa shape index (κ3) is 4.40. The second kappa shape index (κ2) is 5.56. The molecule has 4 heteroatoms. The minimum atomic E-state index is -2.87. The van der Waals surface area contributed by atoms with Crippen LogP contribution in [-0.4, -0.2) is 25.8 Å². The van der Waals surface area contributed by atoms with Gasteiger partial charge in [0.2, 0.25) is 0 Å². The Kier molecular flexibility index (Phi) is 4.60. The molecule has 0 saturated heterocycles. The van der Waals surface area contributed by atoms with Crippen LogP contribution in [0, 0.1) is 0 Å². The van der Waals surface area contributed by atoms with Crippen molar-refractivity contribution in [3.8, 4) is 0 Å². The van der Waals surface area contributed by atoms with E-state index in [0.29, 0.717) is 6.61 Å². The van der Waals surface area contributed by atoms with Gasteiger partial charge in [-0.25, -0.2) is 0 Å². The Labute approximate surface area is 101 Å². The van der Waals surface area contributed by atoms with Crippen molar-refractivity contribution < 1.29 is 13.5 Å². The van der Waals surface area contributed by atoms with E-state index in [1.165, 1.54) is 12.1 Å². The van der Waals surface area contributed by atoms with E-state index in [0.717, 1.165) is 0 Å². The van der Waals surface area contributed by atoms with Gasteiger partial charge in [0.1, 0.15) is 0 Å². The second-order valence-electron chi connectivity index (χ2n) is 4.74. The Bertz CT molecular complexity index is 339. The van der Waals surface area contributed by atoms with Crippen LogP contribution in [-0.2, 0) is 10.7 Å². The summed E-state index contributed by atoms with van der Waals surface area (Å²) in [5.41, 5.74) is -0.437. The molecule has 2 nitrogen and oxygen atoms in total. The number of hydrogen-bond donors (Lipinski definition) is 1. The van der Waals surface area contributed by atoms with Crippen LogP contribution < -0.4 is 5.32 Å². The van der Waals surface area contributed by atoms with Gasteiger partial charge in [-0.3, -0.25) is 0 Å². The molecule has 1 N–H and O–H groups in total. The predicted octanol–water partition coefficient (Wildman–Crippen LogP) is 2.79. The molecule has 1 aromatic carbocycles. The van der Waals surface area contributed by atoms with Crippen LogP contribution in [0.25, 0.3) is 0 Å². The Morgan fingerprint density at radius 3 is 2.29 bits per heavy atom. The van der Waals surface area contributed by atoms with E-state index in [4.69, 9.17) is 4.74 Å². The second-order valence-corrected chi connectivity index (χ2v) is 4.74. The average Bonchev–Trinajstić information content (AvgIpc) is 2.28. The number of halogens is 2. The molecule has 0 aliphatic carbocycles. The lowest BCUT2D eigenvalue weighted by Crippen LogP contribution is -2.47. The number of methoxy groups -OCH3 is 1. The predicted molar refractivity (Wildman–Crippen MR) is 64.3 cm³/mol. The number of hydrogen-bond acceptors (Lipinski definition) is 2. The smallest absolute Gasteiger partial charge is 0.285 e. The van der Waals surface area contributed by atoms with Gasteiger partial charge in [0.25, 0.3) is 5.92 Å². The summed E-state index contributed by atoms with van der Waals surface area (Å²) in [6.07, 6.45) is 0. The first-order valence-electron chi connectivity index (χ1n) is 5.55. The minimum Gasteiger partial charge on any atom is -0.383 e. The van der Waals surface area contributed by atoms with Crippen molar-refractivity contribution in [1.29, 1.82) is 0 Å². The SMILES string of the molecule is COCC(C)(C)NCC(F)(F)c1ccccc1. The van der Waals surface area contributed by atoms with Gasteiger partial charge in [-0.05, 0) is 13.8 Å². The molecule has 17 heavy (non-hydrogen) atoms. The standard InChI is InChI=1S/C13H19F2NO/c1-12(2,10-17-3)16-9-13(14,15)11-7-5-4-6-8-11/h4-8,16H,9-10H2,1-3H3. The summed E-state index contributed by atoms with van der Waals surface area (Å²) in [5, 5.41) is 2.82. The largest absolute Gasteiger partial charge is 0.383 e. The van der Waals surface area contributed by atoms with E-state index < -0.39 is 18.0 Å². The van der Waals surface area contributed by atoms with Crippen molar-refractivity contribution in [1.82, 2.24) is 5.32 Å². The molecule has 0 aromatic heterocycles. The van der Waals surface area contributed by atoms with Crippen molar-refractivity contribution >= 4 is 0 Å². The Balaban J connectivity index is 2.62. The molecule has 0 atom stereocenters. The third-order valence-electron chi connectivity index (χ3n) is 2.49. The molecule has 96 valence electrons. The van der Waals surface area contributed by atoms with E-state index in [1.807, 2.05) is 13.8 Å². The van der Waals surface area contributed by atoms with Gasteiger partial charge in [0, 0.05) is 18.2 Å². The Hall–Kier alpha value is -1.00. The topological polar surface area (TPSA) is 21.3 Å². The fourth-order valence-corrected chi connectivity index (χ4v) is 1.55. The first kappa shape index (κ1) is 14.1. The number of rotatable bonds is 6. The lowest BCUT2D eigenvalue weighted by molar-refractivity contribution is -0.0141. The Morgan fingerprint density at radius 2 is 1.76 bits per heavy atom. The van der Waals surface area contributed by atoms with E-state index >= 15 is 0 Å². The summed E-state index contributed by atoms with van der Waals surface area (Å²) in [5.74, 6) is -2.87. The van der Waals surface area contributed by atoms with Crippen LogP contribution in [0.1, 0.15) is 19.4 Å². The van der Waals surface area contributed by atoms with Crippen LogP contribution in [0.5, 0.6) is 0 Å². The third-order valence-corrected chi connectivity index (χ3v) is 2.49. The average molecular weight is 243 g/mol. The molecule has 1 aromatic rings. The maximum atomic E-state index is 13.8. The van der Waals surface area contributed by atoms with Gasteiger partial charge in [-0.2, -0.15) is 8.78 Å². The molecule has 0 fully saturated rings. The molecule has 0 heterocycles. The van der Waals surface area contributed by atoms with E-state index in [9.17, 15) is 8.78 Å². The zero-order valence-electron chi connectivity index (χ0n) is 10.5. The van der Waals surface area contributed by atoms with Crippen LogP contribution in [0.3, 0.4) is 0 Å². The molecule has 0 saturated carbocycles. The van der Waals surface area contributed by atoms with Gasteiger partial charge in [0.15, 0.2) is 0 Å². The number of alkyl halides is 2. The van der Waals surface area contributed by atoms with Crippen LogP contribution in [0.4, 0.5) is 8.78 Å². The van der Waals surface area contributed by atoms with Crippen molar-refractivity contribution in [2.24, 2.45) is 0 Å². The highest BCUT2D eigenvalue weighted by atomic mass is 19.3. The van der Waals surface area contributed by atoms with Gasteiger partial charge in [0.05, 0.1) is 13.2 Å². The van der Waals surface area contributed by atoms with Crippen molar-refractivity contribution in [3.63, 3.8) is 0 Å². The minimum absolute atomic E-state index is 0.0284. The highest BCUT2D eigenvalue weighted by Gasteiger charge is 2.33. The summed E-state index contributed by atoms with van der Waals surface area (Å²) < 4.78 is 32.6. The molecule has 0 aliphatic heterocycles. The quantitative estimate of drug-likeness (QED) is 0.829. The highest BCUT2D eigenvalue weighted by Crippen LogP contribution is 2.27. The van der Waals surface area contributed by atoms with Gasteiger partial charge < -0.3 is 10.1 Å². The molecule has 1 rings (SSSR count). The summed E-state index contributed by atoms with van der Waals surface area (Å²) in [6.45, 7) is 3.65. The van der Waals surface area contributed by atoms with Gasteiger partial charge >= 0.3 is 0 Å². The lowest BCUT2D eigenvalue weighted by atomic mass is 10.0. The van der Waals surface area contributed by atoms with E-state index in [2.05, 4.69) is 5.32 Å². The summed E-state index contributed by atoms with van der Waals surface area (Å²) in [7, 11) is 1.55. The van der Waals surface area contributed by atoms with Crippen LogP contribution in [0.15, 0.2) is 30.3 Å². The van der Waals surface area contributed by atoms with Crippen molar-refractivity contribution in [3.05, 3.63) is 35.9 Å². The molecular formula is C13H19F2NO. The fraction of sp³-hybridized carbons (Fsp3) is 0.538. The lowest BCUT2D eigenvalue weighted by Gasteiger charge is -2.28. The van der Waals surface area contributed by atoms with Crippen molar-refractivity contribution in [2.45, 2.75) is 25.3 Å². The summed E-state index contributed by atoms with van der Waals surface area (Å²) in [4.78, 5) is 0. The molecule has 0 aliphatic rings. The molecular weight excluding hydrogens is 224 g/mol. The fourth-order valence-electron chi connectivity index (χ4n) is 1.55. The molecule has 0 radical (unpaired) electrons. The number of ether oxygens (including phenoxy) is 1. The molecule has 0 unspecified atom stereocenters. The Morgan fingerprint density at radius 1 is 1.18 bits per heavy atom. The van der Waals surface area contributed by atoms with Gasteiger partial charge in [-0.15, -0.1) is 0 Å². The van der Waals surface area contributed by atoms with Gasteiger partial charge in [-0.1, -0.05) is 30.3 Å².